The van der Waals surface area contributed by atoms with Gasteiger partial charge in [-0.15, -0.1) is 0 Å². The number of fused-ring (bicyclic) bond motifs is 1. The number of amides is 2. The van der Waals surface area contributed by atoms with Gasteiger partial charge in [0, 0.05) is 30.3 Å². The number of aromatic nitrogens is 3. The molecule has 1 aromatic carbocycles. The number of nitrogens with two attached hydrogens (primary N) is 1. The highest BCUT2D eigenvalue weighted by atomic mass is 16.1. The summed E-state index contributed by atoms with van der Waals surface area (Å²) in [4.78, 5) is 28.6. The number of benzene rings is 1. The highest BCUT2D eigenvalue weighted by molar-refractivity contribution is 5.98. The van der Waals surface area contributed by atoms with Gasteiger partial charge in [-0.05, 0) is 37.3 Å². The Labute approximate surface area is 176 Å². The van der Waals surface area contributed by atoms with Crippen LogP contribution in [0.1, 0.15) is 59.1 Å². The molecule has 3 aromatic rings. The molecule has 0 bridgehead atoms. The Morgan fingerprint density at radius 3 is 2.50 bits per heavy atom. The fraction of sp³-hybridized carbons (Fsp3) is 0.391. The van der Waals surface area contributed by atoms with Crippen LogP contribution >= 0.6 is 0 Å². The molecule has 0 aliphatic heterocycles. The number of primary amides is 1. The van der Waals surface area contributed by atoms with Gasteiger partial charge >= 0.3 is 0 Å². The van der Waals surface area contributed by atoms with Crippen molar-refractivity contribution in [2.45, 2.75) is 46.5 Å². The number of nitrogens with one attached hydrogen (secondary N) is 1. The molecule has 7 nitrogen and oxygen atoms in total. The van der Waals surface area contributed by atoms with Crippen molar-refractivity contribution in [2.75, 3.05) is 6.54 Å². The number of hydrogen-bond donors (Lipinski definition) is 2. The fourth-order valence-corrected chi connectivity index (χ4v) is 3.84. The van der Waals surface area contributed by atoms with Crippen LogP contribution in [0.3, 0.4) is 0 Å². The Kier molecular flexibility index (Phi) is 6.50. The maximum absolute atomic E-state index is 12.5. The Morgan fingerprint density at radius 2 is 1.87 bits per heavy atom. The van der Waals surface area contributed by atoms with Crippen molar-refractivity contribution in [3.63, 3.8) is 0 Å². The summed E-state index contributed by atoms with van der Waals surface area (Å²) in [6, 6.07) is 10.3. The van der Waals surface area contributed by atoms with E-state index in [-0.39, 0.29) is 11.8 Å². The minimum absolute atomic E-state index is 0.00812. The molecule has 0 aliphatic rings. The lowest BCUT2D eigenvalue weighted by Gasteiger charge is -2.22. The molecule has 0 radical (unpaired) electrons. The standard InChI is InChI=1S/C23H29N5O2/c1-14(2)19(17-8-6-5-7-9-17)12-25-21(29)11-10-18-15(3)27-23-20(22(24)30)13-26-28(23)16(18)4/h5-9,13-14,19H,10-12H2,1-4H3,(H2,24,30)(H,25,29). The van der Waals surface area contributed by atoms with E-state index in [2.05, 4.69) is 41.4 Å². The molecule has 158 valence electrons. The van der Waals surface area contributed by atoms with E-state index in [1.807, 2.05) is 32.0 Å². The molecule has 2 aromatic heterocycles. The van der Waals surface area contributed by atoms with Crippen molar-refractivity contribution in [3.05, 3.63) is 64.6 Å². The molecule has 30 heavy (non-hydrogen) atoms. The van der Waals surface area contributed by atoms with Gasteiger partial charge in [-0.25, -0.2) is 9.50 Å². The predicted octanol–water partition coefficient (Wildman–Crippen LogP) is 2.93. The summed E-state index contributed by atoms with van der Waals surface area (Å²) in [5.74, 6) is 0.145. The van der Waals surface area contributed by atoms with E-state index in [1.54, 1.807) is 4.52 Å². The first kappa shape index (κ1) is 21.5. The van der Waals surface area contributed by atoms with Gasteiger partial charge < -0.3 is 11.1 Å². The van der Waals surface area contributed by atoms with Gasteiger partial charge in [0.15, 0.2) is 5.65 Å². The van der Waals surface area contributed by atoms with Crippen LogP contribution in [0.15, 0.2) is 36.5 Å². The van der Waals surface area contributed by atoms with Crippen LogP contribution in [-0.2, 0) is 11.2 Å². The van der Waals surface area contributed by atoms with Crippen LogP contribution in [0.4, 0.5) is 0 Å². The van der Waals surface area contributed by atoms with E-state index < -0.39 is 5.91 Å². The second-order valence-corrected chi connectivity index (χ2v) is 7.98. The van der Waals surface area contributed by atoms with E-state index >= 15 is 0 Å². The Morgan fingerprint density at radius 1 is 1.17 bits per heavy atom. The molecule has 0 saturated carbocycles. The highest BCUT2D eigenvalue weighted by Crippen LogP contribution is 2.23. The second-order valence-electron chi connectivity index (χ2n) is 7.98. The molecule has 7 heteroatoms. The lowest BCUT2D eigenvalue weighted by Crippen LogP contribution is -2.30. The third-order valence-electron chi connectivity index (χ3n) is 5.63. The van der Waals surface area contributed by atoms with Crippen molar-refractivity contribution in [2.24, 2.45) is 11.7 Å². The average molecular weight is 408 g/mol. The van der Waals surface area contributed by atoms with Crippen LogP contribution in [0, 0.1) is 19.8 Å². The molecule has 3 N–H and O–H groups in total. The number of hydrogen-bond acceptors (Lipinski definition) is 4. The smallest absolute Gasteiger partial charge is 0.254 e. The molecular formula is C23H29N5O2. The van der Waals surface area contributed by atoms with Crippen LogP contribution in [0.25, 0.3) is 5.65 Å². The third kappa shape index (κ3) is 4.50. The summed E-state index contributed by atoms with van der Waals surface area (Å²) in [5, 5.41) is 7.32. The second kappa shape index (κ2) is 9.07. The highest BCUT2D eigenvalue weighted by Gasteiger charge is 2.19. The van der Waals surface area contributed by atoms with Crippen molar-refractivity contribution in [1.82, 2.24) is 19.9 Å². The normalized spacial score (nSPS) is 12.3. The van der Waals surface area contributed by atoms with Gasteiger partial charge in [0.1, 0.15) is 5.56 Å². The summed E-state index contributed by atoms with van der Waals surface area (Å²) < 4.78 is 1.62. The molecule has 0 spiro atoms. The van der Waals surface area contributed by atoms with Gasteiger partial charge in [-0.3, -0.25) is 9.59 Å². The average Bonchev–Trinajstić information content (AvgIpc) is 3.12. The summed E-state index contributed by atoms with van der Waals surface area (Å²) in [5.41, 5.74) is 9.98. The van der Waals surface area contributed by atoms with Crippen molar-refractivity contribution < 1.29 is 9.59 Å². The van der Waals surface area contributed by atoms with Crippen molar-refractivity contribution >= 4 is 17.5 Å². The number of aryl methyl sites for hydroxylation is 2. The molecule has 1 atom stereocenters. The zero-order chi connectivity index (χ0) is 21.8. The van der Waals surface area contributed by atoms with Gasteiger partial charge in [-0.2, -0.15) is 5.10 Å². The number of rotatable bonds is 8. The van der Waals surface area contributed by atoms with Gasteiger partial charge in [-0.1, -0.05) is 44.2 Å². The Hall–Kier alpha value is -3.22. The molecule has 0 fully saturated rings. The maximum Gasteiger partial charge on any atom is 0.254 e. The summed E-state index contributed by atoms with van der Waals surface area (Å²) in [6.45, 7) is 8.74. The summed E-state index contributed by atoms with van der Waals surface area (Å²) in [6.07, 6.45) is 2.34. The van der Waals surface area contributed by atoms with E-state index in [1.165, 1.54) is 11.8 Å². The number of nitrogens with zero attached hydrogens (tertiary/aromatic N) is 3. The first-order chi connectivity index (χ1) is 14.3. The van der Waals surface area contributed by atoms with Crippen molar-refractivity contribution in [1.29, 1.82) is 0 Å². The third-order valence-corrected chi connectivity index (χ3v) is 5.63. The Balaban J connectivity index is 1.67. The van der Waals surface area contributed by atoms with Crippen molar-refractivity contribution in [3.8, 4) is 0 Å². The lowest BCUT2D eigenvalue weighted by molar-refractivity contribution is -0.121. The minimum Gasteiger partial charge on any atom is -0.365 e. The molecule has 1 unspecified atom stereocenters. The first-order valence-electron chi connectivity index (χ1n) is 10.2. The van der Waals surface area contributed by atoms with Gasteiger partial charge in [0.05, 0.1) is 6.20 Å². The molecule has 0 aliphatic carbocycles. The van der Waals surface area contributed by atoms with E-state index in [4.69, 9.17) is 5.73 Å². The number of carbonyl (C=O) groups is 2. The van der Waals surface area contributed by atoms with Crippen LogP contribution < -0.4 is 11.1 Å². The summed E-state index contributed by atoms with van der Waals surface area (Å²) in [7, 11) is 0. The zero-order valence-corrected chi connectivity index (χ0v) is 18.0. The number of carbonyl (C=O) groups excluding carboxylic acids is 2. The van der Waals surface area contributed by atoms with Crippen LogP contribution in [-0.4, -0.2) is 33.0 Å². The van der Waals surface area contributed by atoms with E-state index in [9.17, 15) is 9.59 Å². The maximum atomic E-state index is 12.5. The lowest BCUT2D eigenvalue weighted by atomic mass is 9.88. The predicted molar refractivity (Wildman–Crippen MR) is 116 cm³/mol. The molecule has 2 heterocycles. The Bertz CT molecular complexity index is 1060. The molecule has 2 amide bonds. The zero-order valence-electron chi connectivity index (χ0n) is 18.0. The molecular weight excluding hydrogens is 378 g/mol. The quantitative estimate of drug-likeness (QED) is 0.599. The topological polar surface area (TPSA) is 102 Å². The minimum atomic E-state index is -0.554. The van der Waals surface area contributed by atoms with E-state index in [0.29, 0.717) is 36.5 Å². The molecule has 0 saturated heterocycles. The molecule has 3 rings (SSSR count). The van der Waals surface area contributed by atoms with Crippen LogP contribution in [0.5, 0.6) is 0 Å². The summed E-state index contributed by atoms with van der Waals surface area (Å²) >= 11 is 0. The first-order valence-corrected chi connectivity index (χ1v) is 10.2. The monoisotopic (exact) mass is 407 g/mol. The van der Waals surface area contributed by atoms with Gasteiger partial charge in [0.25, 0.3) is 5.91 Å². The SMILES string of the molecule is Cc1nc2c(C(N)=O)cnn2c(C)c1CCC(=O)NCC(c1ccccc1)C(C)C. The fourth-order valence-electron chi connectivity index (χ4n) is 3.84. The largest absolute Gasteiger partial charge is 0.365 e. The van der Waals surface area contributed by atoms with E-state index in [0.717, 1.165) is 17.0 Å². The van der Waals surface area contributed by atoms with Crippen LogP contribution in [0.2, 0.25) is 0 Å². The van der Waals surface area contributed by atoms with Gasteiger partial charge in [0.2, 0.25) is 5.91 Å².